The van der Waals surface area contributed by atoms with E-state index in [0.717, 1.165) is 0 Å². The number of aromatic amines is 1. The second-order valence-electron chi connectivity index (χ2n) is 3.32. The number of fused-ring (bicyclic) bond motifs is 2. The average Bonchev–Trinajstić information content (AvgIpc) is 2.75. The van der Waals surface area contributed by atoms with Crippen LogP contribution in [0.15, 0.2) is 30.6 Å². The van der Waals surface area contributed by atoms with E-state index in [0.29, 0.717) is 16.8 Å². The number of ketones is 2. The summed E-state index contributed by atoms with van der Waals surface area (Å²) in [5, 5.41) is 0. The van der Waals surface area contributed by atoms with Crippen molar-refractivity contribution in [3.63, 3.8) is 0 Å². The maximum absolute atomic E-state index is 11.9. The lowest BCUT2D eigenvalue weighted by Crippen LogP contribution is -2.21. The molecule has 0 atom stereocenters. The fourth-order valence-corrected chi connectivity index (χ4v) is 1.78. The van der Waals surface area contributed by atoms with Gasteiger partial charge in [-0.15, -0.1) is 0 Å². The van der Waals surface area contributed by atoms with E-state index in [-0.39, 0.29) is 17.3 Å². The van der Waals surface area contributed by atoms with Crippen LogP contribution in [0.25, 0.3) is 0 Å². The molecule has 0 bridgehead atoms. The largest absolute Gasteiger partial charge is 0.358 e. The van der Waals surface area contributed by atoms with Gasteiger partial charge < -0.3 is 4.98 Å². The van der Waals surface area contributed by atoms with Crippen molar-refractivity contribution >= 4 is 11.6 Å². The molecule has 1 N–H and O–H groups in total. The van der Waals surface area contributed by atoms with Gasteiger partial charge in [0.15, 0.2) is 5.78 Å². The smallest absolute Gasteiger partial charge is 0.228 e. The predicted octanol–water partition coefficient (Wildman–Crippen LogP) is 1.19. The molecule has 72 valence electrons. The zero-order valence-corrected chi connectivity index (χ0v) is 7.65. The molecule has 2 heterocycles. The number of aromatic nitrogens is 2. The van der Waals surface area contributed by atoms with E-state index in [9.17, 15) is 9.59 Å². The van der Waals surface area contributed by atoms with Gasteiger partial charge in [0.2, 0.25) is 5.78 Å². The van der Waals surface area contributed by atoms with Crippen molar-refractivity contribution in [1.29, 1.82) is 0 Å². The first-order valence-electron chi connectivity index (χ1n) is 4.51. The van der Waals surface area contributed by atoms with Gasteiger partial charge in [-0.25, -0.2) is 0 Å². The maximum atomic E-state index is 11.9. The molecule has 0 spiro atoms. The van der Waals surface area contributed by atoms with E-state index in [2.05, 4.69) is 9.97 Å². The summed E-state index contributed by atoms with van der Waals surface area (Å²) in [6, 6.07) is 4.89. The highest BCUT2D eigenvalue weighted by Crippen LogP contribution is 2.24. The zero-order valence-electron chi connectivity index (χ0n) is 7.65. The van der Waals surface area contributed by atoms with Crippen LogP contribution in [0.2, 0.25) is 0 Å². The maximum Gasteiger partial charge on any atom is 0.228 e. The molecule has 0 unspecified atom stereocenters. The topological polar surface area (TPSA) is 62.8 Å². The van der Waals surface area contributed by atoms with Gasteiger partial charge in [0.1, 0.15) is 5.69 Å². The van der Waals surface area contributed by atoms with Crippen LogP contribution in [0.5, 0.6) is 0 Å². The van der Waals surface area contributed by atoms with Gasteiger partial charge in [-0.05, 0) is 18.2 Å². The molecule has 0 saturated heterocycles. The second-order valence-corrected chi connectivity index (χ2v) is 3.32. The molecule has 0 aliphatic heterocycles. The zero-order chi connectivity index (χ0) is 10.4. The number of nitrogens with one attached hydrogen (secondary N) is 1. The van der Waals surface area contributed by atoms with Crippen LogP contribution in [-0.4, -0.2) is 21.5 Å². The van der Waals surface area contributed by atoms with E-state index in [1.807, 2.05) is 0 Å². The van der Waals surface area contributed by atoms with Crippen LogP contribution in [0.4, 0.5) is 0 Å². The van der Waals surface area contributed by atoms with Crippen molar-refractivity contribution < 1.29 is 9.59 Å². The van der Waals surface area contributed by atoms with Crippen LogP contribution in [-0.2, 0) is 0 Å². The number of pyridine rings is 1. The van der Waals surface area contributed by atoms with Crippen LogP contribution in [0.3, 0.4) is 0 Å². The summed E-state index contributed by atoms with van der Waals surface area (Å²) in [6.07, 6.45) is 3.10. The summed E-state index contributed by atoms with van der Waals surface area (Å²) in [5.41, 5.74) is 1.39. The molecule has 4 heteroatoms. The van der Waals surface area contributed by atoms with Crippen molar-refractivity contribution in [2.24, 2.45) is 0 Å². The van der Waals surface area contributed by atoms with E-state index >= 15 is 0 Å². The summed E-state index contributed by atoms with van der Waals surface area (Å²) in [7, 11) is 0. The Bertz CT molecular complexity index is 534. The molecule has 2 aromatic rings. The van der Waals surface area contributed by atoms with Gasteiger partial charge in [0, 0.05) is 12.4 Å². The molecule has 0 fully saturated rings. The quantitative estimate of drug-likeness (QED) is 0.590. The highest BCUT2D eigenvalue weighted by Gasteiger charge is 2.31. The summed E-state index contributed by atoms with van der Waals surface area (Å²) >= 11 is 0. The summed E-state index contributed by atoms with van der Waals surface area (Å²) in [6.45, 7) is 0. The highest BCUT2D eigenvalue weighted by molar-refractivity contribution is 6.26. The average molecular weight is 198 g/mol. The minimum Gasteiger partial charge on any atom is -0.358 e. The molecule has 3 rings (SSSR count). The van der Waals surface area contributed by atoms with Crippen molar-refractivity contribution in [2.75, 3.05) is 0 Å². The van der Waals surface area contributed by atoms with Crippen LogP contribution in [0.1, 0.15) is 32.1 Å². The lowest BCUT2D eigenvalue weighted by molar-refractivity contribution is 0.0973. The van der Waals surface area contributed by atoms with Crippen molar-refractivity contribution in [2.45, 2.75) is 0 Å². The van der Waals surface area contributed by atoms with Crippen LogP contribution >= 0.6 is 0 Å². The van der Waals surface area contributed by atoms with Crippen molar-refractivity contribution in [1.82, 2.24) is 9.97 Å². The van der Waals surface area contributed by atoms with Gasteiger partial charge in [0.25, 0.3) is 0 Å². The standard InChI is InChI=1S/C11H6N2O2/c14-10-6-2-1-4-12-8(6)11(15)9-7(10)3-5-13-9/h1-5,13H. The van der Waals surface area contributed by atoms with Crippen LogP contribution in [0, 0.1) is 0 Å². The molecular formula is C11H6N2O2. The minimum atomic E-state index is -0.217. The third-order valence-corrected chi connectivity index (χ3v) is 2.49. The minimum absolute atomic E-state index is 0.144. The van der Waals surface area contributed by atoms with Crippen LogP contribution < -0.4 is 0 Å². The third kappa shape index (κ3) is 0.929. The van der Waals surface area contributed by atoms with Crippen molar-refractivity contribution in [3.8, 4) is 0 Å². The Kier molecular flexibility index (Phi) is 1.42. The Labute approximate surface area is 85.0 Å². The lowest BCUT2D eigenvalue weighted by atomic mass is 9.92. The number of rotatable bonds is 0. The molecular weight excluding hydrogens is 192 g/mol. The Balaban J connectivity index is 2.36. The summed E-state index contributed by atoms with van der Waals surface area (Å²) in [4.78, 5) is 30.5. The molecule has 0 saturated carbocycles. The predicted molar refractivity (Wildman–Crippen MR) is 51.9 cm³/mol. The first-order chi connectivity index (χ1) is 7.29. The Morgan fingerprint density at radius 3 is 2.80 bits per heavy atom. The molecule has 1 aliphatic carbocycles. The highest BCUT2D eigenvalue weighted by atomic mass is 16.1. The van der Waals surface area contributed by atoms with Gasteiger partial charge in [-0.3, -0.25) is 14.6 Å². The van der Waals surface area contributed by atoms with E-state index in [4.69, 9.17) is 0 Å². The second kappa shape index (κ2) is 2.63. The van der Waals surface area contributed by atoms with E-state index in [1.54, 1.807) is 24.4 Å². The number of hydrogen-bond donors (Lipinski definition) is 1. The Hall–Kier alpha value is -2.23. The fraction of sp³-hybridized carbons (Fsp3) is 0. The molecule has 15 heavy (non-hydrogen) atoms. The molecule has 2 aromatic heterocycles. The molecule has 1 aliphatic rings. The fourth-order valence-electron chi connectivity index (χ4n) is 1.78. The molecule has 4 nitrogen and oxygen atoms in total. The normalized spacial score (nSPS) is 13.6. The first kappa shape index (κ1) is 8.11. The number of carbonyl (C=O) groups is 2. The summed E-state index contributed by atoms with van der Waals surface area (Å²) in [5.74, 6) is -0.362. The van der Waals surface area contributed by atoms with Gasteiger partial charge in [-0.1, -0.05) is 0 Å². The number of carbonyl (C=O) groups excluding carboxylic acids is 2. The third-order valence-electron chi connectivity index (χ3n) is 2.49. The molecule has 0 radical (unpaired) electrons. The Morgan fingerprint density at radius 2 is 1.93 bits per heavy atom. The Morgan fingerprint density at radius 1 is 1.07 bits per heavy atom. The van der Waals surface area contributed by atoms with E-state index in [1.165, 1.54) is 6.20 Å². The number of H-pyrrole nitrogens is 1. The van der Waals surface area contributed by atoms with Crippen molar-refractivity contribution in [3.05, 3.63) is 53.1 Å². The lowest BCUT2D eigenvalue weighted by Gasteiger charge is -2.11. The number of nitrogens with zero attached hydrogens (tertiary/aromatic N) is 1. The van der Waals surface area contributed by atoms with E-state index < -0.39 is 0 Å². The summed E-state index contributed by atoms with van der Waals surface area (Å²) < 4.78 is 0. The van der Waals surface area contributed by atoms with Gasteiger partial charge in [0.05, 0.1) is 16.8 Å². The SMILES string of the molecule is O=C1c2cccnc2C(=O)c2[nH]ccc21. The molecule has 0 aromatic carbocycles. The first-order valence-corrected chi connectivity index (χ1v) is 4.51. The number of hydrogen-bond acceptors (Lipinski definition) is 3. The van der Waals surface area contributed by atoms with Gasteiger partial charge >= 0.3 is 0 Å². The van der Waals surface area contributed by atoms with Gasteiger partial charge in [-0.2, -0.15) is 0 Å². The molecule has 0 amide bonds. The monoisotopic (exact) mass is 198 g/mol.